The van der Waals surface area contributed by atoms with Gasteiger partial charge < -0.3 is 25.4 Å². The lowest BCUT2D eigenvalue weighted by molar-refractivity contribution is -0.149. The van der Waals surface area contributed by atoms with Crippen LogP contribution < -0.4 is 16.0 Å². The maximum Gasteiger partial charge on any atom is 0.408 e. The number of alkyl carbamates (subject to hydrolysis) is 1. The summed E-state index contributed by atoms with van der Waals surface area (Å²) in [6.45, 7) is 9.16. The van der Waals surface area contributed by atoms with Crippen molar-refractivity contribution in [2.75, 3.05) is 0 Å². The summed E-state index contributed by atoms with van der Waals surface area (Å²) in [7, 11) is 0. The third-order valence-corrected chi connectivity index (χ3v) is 7.02. The molecule has 0 fully saturated rings. The van der Waals surface area contributed by atoms with E-state index in [0.717, 1.165) is 16.7 Å². The van der Waals surface area contributed by atoms with Crippen LogP contribution in [0.3, 0.4) is 0 Å². The fourth-order valence-corrected chi connectivity index (χ4v) is 4.79. The zero-order chi connectivity index (χ0) is 33.5. The van der Waals surface area contributed by atoms with Crippen LogP contribution in [0, 0.1) is 5.92 Å². The van der Waals surface area contributed by atoms with Crippen molar-refractivity contribution in [3.05, 3.63) is 108 Å². The molecule has 9 nitrogen and oxygen atoms in total. The standard InChI is InChI=1S/C37H47N3O6/c1-26(2)23-31(38-33(41)30(40-36(44)46-37(3,4)5)22-21-27-15-9-6-10-16-27)34(42)39-32(24-28-17-11-7-12-18-28)35(43)45-25-29-19-13-8-14-20-29/h6-20,26,30-32H,21-25H2,1-5H3,(H,38,41)(H,39,42)(H,40,44)/t30-,31-,32-/m1/s1. The van der Waals surface area contributed by atoms with Gasteiger partial charge in [0.05, 0.1) is 0 Å². The highest BCUT2D eigenvalue weighted by Gasteiger charge is 2.31. The van der Waals surface area contributed by atoms with Crippen LogP contribution in [-0.2, 0) is 43.3 Å². The molecule has 0 unspecified atom stereocenters. The van der Waals surface area contributed by atoms with Gasteiger partial charge in [-0.1, -0.05) is 105 Å². The number of carbonyl (C=O) groups excluding carboxylic acids is 4. The minimum atomic E-state index is -0.987. The highest BCUT2D eigenvalue weighted by Crippen LogP contribution is 2.13. The van der Waals surface area contributed by atoms with Crippen LogP contribution in [0.25, 0.3) is 0 Å². The van der Waals surface area contributed by atoms with E-state index in [9.17, 15) is 19.2 Å². The first-order valence-corrected chi connectivity index (χ1v) is 15.8. The molecule has 3 amide bonds. The summed E-state index contributed by atoms with van der Waals surface area (Å²) in [5, 5.41) is 8.37. The van der Waals surface area contributed by atoms with Crippen molar-refractivity contribution in [1.82, 2.24) is 16.0 Å². The van der Waals surface area contributed by atoms with Crippen LogP contribution in [0.4, 0.5) is 4.79 Å². The molecule has 0 aromatic heterocycles. The maximum atomic E-state index is 13.8. The van der Waals surface area contributed by atoms with Crippen LogP contribution in [0.15, 0.2) is 91.0 Å². The minimum Gasteiger partial charge on any atom is -0.459 e. The van der Waals surface area contributed by atoms with Gasteiger partial charge in [-0.05, 0) is 62.6 Å². The summed E-state index contributed by atoms with van der Waals surface area (Å²) in [6.07, 6.45) is 0.597. The van der Waals surface area contributed by atoms with E-state index in [4.69, 9.17) is 9.47 Å². The maximum absolute atomic E-state index is 13.8. The summed E-state index contributed by atoms with van der Waals surface area (Å²) in [4.78, 5) is 53.4. The van der Waals surface area contributed by atoms with Crippen LogP contribution in [0.2, 0.25) is 0 Å². The molecule has 0 aliphatic carbocycles. The Kier molecular flexibility index (Phi) is 13.8. The highest BCUT2D eigenvalue weighted by molar-refractivity contribution is 5.93. The molecule has 0 aliphatic rings. The van der Waals surface area contributed by atoms with Gasteiger partial charge in [0.1, 0.15) is 30.3 Å². The number of nitrogens with one attached hydrogen (secondary N) is 3. The van der Waals surface area contributed by atoms with E-state index in [1.54, 1.807) is 20.8 Å². The van der Waals surface area contributed by atoms with Crippen molar-refractivity contribution < 1.29 is 28.7 Å². The molecule has 0 saturated heterocycles. The molecule has 0 saturated carbocycles. The number of hydrogen-bond donors (Lipinski definition) is 3. The highest BCUT2D eigenvalue weighted by atomic mass is 16.6. The van der Waals surface area contributed by atoms with Crippen LogP contribution in [0.1, 0.15) is 64.2 Å². The smallest absolute Gasteiger partial charge is 0.408 e. The first-order chi connectivity index (χ1) is 21.9. The lowest BCUT2D eigenvalue weighted by atomic mass is 10.00. The lowest BCUT2D eigenvalue weighted by Crippen LogP contribution is -2.56. The molecule has 46 heavy (non-hydrogen) atoms. The third kappa shape index (κ3) is 13.1. The predicted octanol–water partition coefficient (Wildman–Crippen LogP) is 5.51. The molecule has 0 bridgehead atoms. The number of ether oxygens (including phenoxy) is 2. The Morgan fingerprint density at radius 3 is 1.70 bits per heavy atom. The molecule has 3 atom stereocenters. The summed E-state index contributed by atoms with van der Waals surface area (Å²) < 4.78 is 11.0. The Balaban J connectivity index is 1.77. The fraction of sp³-hybridized carbons (Fsp3) is 0.405. The molecule has 3 N–H and O–H groups in total. The number of amides is 3. The Bertz CT molecular complexity index is 1390. The van der Waals surface area contributed by atoms with Gasteiger partial charge in [-0.15, -0.1) is 0 Å². The number of carbonyl (C=O) groups is 4. The first-order valence-electron chi connectivity index (χ1n) is 15.8. The topological polar surface area (TPSA) is 123 Å². The summed E-state index contributed by atoms with van der Waals surface area (Å²) >= 11 is 0. The molecule has 3 aromatic rings. The fourth-order valence-electron chi connectivity index (χ4n) is 4.79. The number of esters is 1. The predicted molar refractivity (Wildman–Crippen MR) is 178 cm³/mol. The zero-order valence-electron chi connectivity index (χ0n) is 27.5. The average molecular weight is 630 g/mol. The van der Waals surface area contributed by atoms with Gasteiger partial charge in [0.2, 0.25) is 11.8 Å². The van der Waals surface area contributed by atoms with Gasteiger partial charge >= 0.3 is 12.1 Å². The Morgan fingerprint density at radius 2 is 1.15 bits per heavy atom. The molecule has 0 heterocycles. The van der Waals surface area contributed by atoms with Crippen molar-refractivity contribution in [3.63, 3.8) is 0 Å². The number of hydrogen-bond acceptors (Lipinski definition) is 6. The summed E-state index contributed by atoms with van der Waals surface area (Å²) in [6, 6.07) is 25.3. The van der Waals surface area contributed by atoms with E-state index in [-0.39, 0.29) is 25.4 Å². The molecular weight excluding hydrogens is 582 g/mol. The normalized spacial score (nSPS) is 13.2. The van der Waals surface area contributed by atoms with E-state index < -0.39 is 47.6 Å². The zero-order valence-corrected chi connectivity index (χ0v) is 27.5. The number of benzene rings is 3. The third-order valence-electron chi connectivity index (χ3n) is 7.02. The van der Waals surface area contributed by atoms with Crippen LogP contribution in [-0.4, -0.2) is 47.6 Å². The average Bonchev–Trinajstić information content (AvgIpc) is 3.01. The second-order valence-corrected chi connectivity index (χ2v) is 12.8. The lowest BCUT2D eigenvalue weighted by Gasteiger charge is -2.27. The van der Waals surface area contributed by atoms with Crippen molar-refractivity contribution in [2.45, 2.75) is 90.6 Å². The minimum absolute atomic E-state index is 0.0373. The van der Waals surface area contributed by atoms with Crippen molar-refractivity contribution in [1.29, 1.82) is 0 Å². The largest absolute Gasteiger partial charge is 0.459 e. The summed E-state index contributed by atoms with van der Waals surface area (Å²) in [5.41, 5.74) is 1.91. The molecule has 246 valence electrons. The van der Waals surface area contributed by atoms with E-state index >= 15 is 0 Å². The van der Waals surface area contributed by atoms with Gasteiger partial charge in [0, 0.05) is 6.42 Å². The quantitative estimate of drug-likeness (QED) is 0.191. The molecule has 0 spiro atoms. The molecule has 3 aromatic carbocycles. The van der Waals surface area contributed by atoms with E-state index in [1.807, 2.05) is 105 Å². The Hall–Kier alpha value is -4.66. The number of rotatable bonds is 15. The second-order valence-electron chi connectivity index (χ2n) is 12.8. The molecule has 3 rings (SSSR count). The van der Waals surface area contributed by atoms with Crippen LogP contribution in [0.5, 0.6) is 0 Å². The SMILES string of the molecule is CC(C)C[C@@H](NC(=O)[C@@H](CCc1ccccc1)NC(=O)OC(C)(C)C)C(=O)N[C@H](Cc1ccccc1)C(=O)OCc1ccccc1. The molecular formula is C37H47N3O6. The summed E-state index contributed by atoms with van der Waals surface area (Å²) in [5.74, 6) is -1.58. The van der Waals surface area contributed by atoms with Gasteiger partial charge in [-0.3, -0.25) is 9.59 Å². The van der Waals surface area contributed by atoms with Crippen molar-refractivity contribution in [2.24, 2.45) is 5.92 Å². The number of aryl methyl sites for hydroxylation is 1. The molecule has 9 heteroatoms. The van der Waals surface area contributed by atoms with Gasteiger partial charge in [0.25, 0.3) is 0 Å². The van der Waals surface area contributed by atoms with Crippen molar-refractivity contribution >= 4 is 23.9 Å². The Morgan fingerprint density at radius 1 is 0.652 bits per heavy atom. The monoisotopic (exact) mass is 629 g/mol. The van der Waals surface area contributed by atoms with Gasteiger partial charge in [-0.2, -0.15) is 0 Å². The van der Waals surface area contributed by atoms with E-state index in [2.05, 4.69) is 16.0 Å². The van der Waals surface area contributed by atoms with Crippen LogP contribution >= 0.6 is 0 Å². The van der Waals surface area contributed by atoms with E-state index in [0.29, 0.717) is 12.8 Å². The Labute approximate surface area is 272 Å². The molecule has 0 radical (unpaired) electrons. The van der Waals surface area contributed by atoms with Gasteiger partial charge in [0.15, 0.2) is 0 Å². The first kappa shape index (κ1) is 35.8. The van der Waals surface area contributed by atoms with Crippen molar-refractivity contribution in [3.8, 4) is 0 Å². The molecule has 0 aliphatic heterocycles. The van der Waals surface area contributed by atoms with E-state index in [1.165, 1.54) is 0 Å². The second kappa shape index (κ2) is 17.7. The van der Waals surface area contributed by atoms with Gasteiger partial charge in [-0.25, -0.2) is 9.59 Å².